The Labute approximate surface area is 116 Å². The van der Waals surface area contributed by atoms with E-state index in [9.17, 15) is 5.11 Å². The molecule has 0 saturated heterocycles. The van der Waals surface area contributed by atoms with Crippen molar-refractivity contribution in [3.8, 4) is 5.75 Å². The molecular weight excluding hydrogens is 258 g/mol. The Hall–Kier alpha value is -1.52. The molecule has 100 valence electrons. The fraction of sp³-hybridized carbons (Fsp3) is 0.333. The largest absolute Gasteiger partial charge is 0.484 e. The summed E-state index contributed by atoms with van der Waals surface area (Å²) < 4.78 is 5.86. The van der Waals surface area contributed by atoms with E-state index in [-0.39, 0.29) is 6.04 Å². The normalized spacial score (nSPS) is 24.4. The zero-order chi connectivity index (χ0) is 13.5. The molecule has 1 aliphatic rings. The van der Waals surface area contributed by atoms with E-state index in [0.29, 0.717) is 0 Å². The molecule has 1 aromatic carbocycles. The van der Waals surface area contributed by atoms with Crippen LogP contribution in [0.25, 0.3) is 0 Å². The third kappa shape index (κ3) is 2.22. The van der Waals surface area contributed by atoms with Crippen LogP contribution in [0.3, 0.4) is 0 Å². The maximum Gasteiger partial charge on any atom is 0.136 e. The second kappa shape index (κ2) is 4.54. The first-order valence-electron chi connectivity index (χ1n) is 6.34. The molecule has 2 heterocycles. The third-order valence-electron chi connectivity index (χ3n) is 3.44. The molecule has 0 radical (unpaired) electrons. The zero-order valence-corrected chi connectivity index (χ0v) is 11.8. The monoisotopic (exact) mass is 275 g/mol. The molecule has 0 spiro atoms. The van der Waals surface area contributed by atoms with E-state index >= 15 is 0 Å². The summed E-state index contributed by atoms with van der Waals surface area (Å²) >= 11 is 1.61. The van der Waals surface area contributed by atoms with Crippen molar-refractivity contribution in [2.24, 2.45) is 0 Å². The highest BCUT2D eigenvalue weighted by atomic mass is 32.1. The average Bonchev–Trinajstić information content (AvgIpc) is 2.83. The number of benzene rings is 1. The Kier molecular flexibility index (Phi) is 2.99. The number of aliphatic hydroxyl groups is 1. The van der Waals surface area contributed by atoms with Crippen LogP contribution in [0.4, 0.5) is 5.69 Å². The van der Waals surface area contributed by atoms with Crippen LogP contribution in [0.15, 0.2) is 41.8 Å². The lowest BCUT2D eigenvalue weighted by Crippen LogP contribution is -2.50. The number of anilines is 1. The molecular formula is C15H17NO2S. The van der Waals surface area contributed by atoms with Crippen molar-refractivity contribution in [3.63, 3.8) is 0 Å². The van der Waals surface area contributed by atoms with Crippen LogP contribution in [0.1, 0.15) is 24.8 Å². The van der Waals surface area contributed by atoms with Gasteiger partial charge in [-0.25, -0.2) is 0 Å². The summed E-state index contributed by atoms with van der Waals surface area (Å²) in [5, 5.41) is 15.9. The van der Waals surface area contributed by atoms with Gasteiger partial charge in [0.2, 0.25) is 0 Å². The summed E-state index contributed by atoms with van der Waals surface area (Å²) in [4.78, 5) is 1.05. The Morgan fingerprint density at radius 1 is 1.21 bits per heavy atom. The summed E-state index contributed by atoms with van der Waals surface area (Å²) in [6.07, 6.45) is -0.598. The summed E-state index contributed by atoms with van der Waals surface area (Å²) in [6.45, 7) is 3.83. The Morgan fingerprint density at radius 3 is 2.68 bits per heavy atom. The highest BCUT2D eigenvalue weighted by Crippen LogP contribution is 2.44. The molecule has 1 aromatic heterocycles. The van der Waals surface area contributed by atoms with Gasteiger partial charge in [0.05, 0.1) is 10.9 Å². The van der Waals surface area contributed by atoms with Crippen LogP contribution in [0.2, 0.25) is 0 Å². The second-order valence-electron chi connectivity index (χ2n) is 5.29. The summed E-state index contributed by atoms with van der Waals surface area (Å²) in [5.74, 6) is 0.869. The van der Waals surface area contributed by atoms with Crippen molar-refractivity contribution in [2.75, 3.05) is 5.32 Å². The topological polar surface area (TPSA) is 41.5 Å². The van der Waals surface area contributed by atoms with Crippen LogP contribution in [-0.4, -0.2) is 16.8 Å². The SMILES string of the molecule is CC1(C)Oc2ccsc2C(Nc2ccccc2)C1O. The first-order valence-corrected chi connectivity index (χ1v) is 7.22. The fourth-order valence-corrected chi connectivity index (χ4v) is 3.27. The number of hydrogen-bond donors (Lipinski definition) is 2. The van der Waals surface area contributed by atoms with Crippen LogP contribution < -0.4 is 10.1 Å². The highest BCUT2D eigenvalue weighted by molar-refractivity contribution is 7.10. The summed E-state index contributed by atoms with van der Waals surface area (Å²) in [5.41, 5.74) is 0.407. The van der Waals surface area contributed by atoms with Gasteiger partial charge in [-0.2, -0.15) is 0 Å². The molecule has 2 N–H and O–H groups in total. The quantitative estimate of drug-likeness (QED) is 0.882. The minimum absolute atomic E-state index is 0.138. The smallest absolute Gasteiger partial charge is 0.136 e. The van der Waals surface area contributed by atoms with Gasteiger partial charge in [-0.15, -0.1) is 11.3 Å². The standard InChI is InChI=1S/C15H17NO2S/c1-15(2)14(17)12(13-11(18-15)8-9-19-13)16-10-6-4-3-5-7-10/h3-9,12,14,16-17H,1-2H3. The predicted octanol–water partition coefficient (Wildman–Crippen LogP) is 3.43. The molecule has 4 heteroatoms. The number of thiophene rings is 1. The van der Waals surface area contributed by atoms with E-state index < -0.39 is 11.7 Å². The number of ether oxygens (including phenoxy) is 1. The van der Waals surface area contributed by atoms with Crippen molar-refractivity contribution in [3.05, 3.63) is 46.7 Å². The Morgan fingerprint density at radius 2 is 1.95 bits per heavy atom. The summed E-state index contributed by atoms with van der Waals surface area (Å²) in [6, 6.07) is 11.8. The molecule has 2 aromatic rings. The molecule has 2 atom stereocenters. The molecule has 0 aliphatic carbocycles. The van der Waals surface area contributed by atoms with E-state index in [1.165, 1.54) is 0 Å². The van der Waals surface area contributed by atoms with Crippen molar-refractivity contribution in [2.45, 2.75) is 31.6 Å². The molecule has 0 fully saturated rings. The zero-order valence-electron chi connectivity index (χ0n) is 11.0. The number of hydrogen-bond acceptors (Lipinski definition) is 4. The lowest BCUT2D eigenvalue weighted by atomic mass is 9.90. The maximum absolute atomic E-state index is 10.5. The van der Waals surface area contributed by atoms with E-state index in [1.54, 1.807) is 11.3 Å². The van der Waals surface area contributed by atoms with Crippen molar-refractivity contribution in [1.29, 1.82) is 0 Å². The van der Waals surface area contributed by atoms with Gasteiger partial charge in [0, 0.05) is 5.69 Å². The molecule has 1 aliphatic heterocycles. The molecule has 0 amide bonds. The number of fused-ring (bicyclic) bond motifs is 1. The van der Waals surface area contributed by atoms with Gasteiger partial charge in [-0.1, -0.05) is 18.2 Å². The van der Waals surface area contributed by atoms with Gasteiger partial charge in [0.15, 0.2) is 0 Å². The lowest BCUT2D eigenvalue weighted by Gasteiger charge is -2.41. The molecule has 3 rings (SSSR count). The van der Waals surface area contributed by atoms with E-state index in [0.717, 1.165) is 16.3 Å². The van der Waals surface area contributed by atoms with Crippen LogP contribution in [0.5, 0.6) is 5.75 Å². The van der Waals surface area contributed by atoms with Crippen LogP contribution in [0, 0.1) is 0 Å². The van der Waals surface area contributed by atoms with E-state index in [4.69, 9.17) is 4.74 Å². The molecule has 3 nitrogen and oxygen atoms in total. The van der Waals surface area contributed by atoms with Gasteiger partial charge < -0.3 is 15.2 Å². The first-order chi connectivity index (χ1) is 9.08. The lowest BCUT2D eigenvalue weighted by molar-refractivity contribution is -0.0517. The van der Waals surface area contributed by atoms with Gasteiger partial charge in [0.25, 0.3) is 0 Å². The van der Waals surface area contributed by atoms with Gasteiger partial charge in [0.1, 0.15) is 17.5 Å². The Balaban J connectivity index is 1.96. The fourth-order valence-electron chi connectivity index (χ4n) is 2.37. The van der Waals surface area contributed by atoms with Crippen LogP contribution >= 0.6 is 11.3 Å². The van der Waals surface area contributed by atoms with Crippen molar-refractivity contribution < 1.29 is 9.84 Å². The van der Waals surface area contributed by atoms with E-state index in [2.05, 4.69) is 5.32 Å². The number of aliphatic hydroxyl groups excluding tert-OH is 1. The van der Waals surface area contributed by atoms with Crippen molar-refractivity contribution >= 4 is 17.0 Å². The second-order valence-corrected chi connectivity index (χ2v) is 6.24. The average molecular weight is 275 g/mol. The molecule has 0 bridgehead atoms. The third-order valence-corrected chi connectivity index (χ3v) is 4.42. The van der Waals surface area contributed by atoms with Crippen molar-refractivity contribution in [1.82, 2.24) is 0 Å². The molecule has 2 unspecified atom stereocenters. The van der Waals surface area contributed by atoms with Gasteiger partial charge in [-0.05, 0) is 37.4 Å². The highest BCUT2D eigenvalue weighted by Gasteiger charge is 2.43. The number of nitrogens with one attached hydrogen (secondary N) is 1. The Bertz CT molecular complexity index is 565. The van der Waals surface area contributed by atoms with Crippen LogP contribution in [-0.2, 0) is 0 Å². The summed E-state index contributed by atoms with van der Waals surface area (Å²) in [7, 11) is 0. The number of para-hydroxylation sites is 1. The van der Waals surface area contributed by atoms with Gasteiger partial charge >= 0.3 is 0 Å². The first kappa shape index (κ1) is 12.5. The number of rotatable bonds is 2. The maximum atomic E-state index is 10.5. The van der Waals surface area contributed by atoms with E-state index in [1.807, 2.05) is 55.6 Å². The predicted molar refractivity (Wildman–Crippen MR) is 77.8 cm³/mol. The van der Waals surface area contributed by atoms with Gasteiger partial charge in [-0.3, -0.25) is 0 Å². The molecule has 19 heavy (non-hydrogen) atoms. The minimum atomic E-state index is -0.598. The minimum Gasteiger partial charge on any atom is -0.484 e. The molecule has 0 saturated carbocycles.